The number of carbonyl (C=O) groups is 1. The molecule has 0 bridgehead atoms. The molecule has 1 fully saturated rings. The van der Waals surface area contributed by atoms with Crippen LogP contribution >= 0.6 is 12.4 Å². The molecule has 1 heterocycles. The normalized spacial score (nSPS) is 15.9. The monoisotopic (exact) mass is 417 g/mol. The molecular formula is C27H28ClNO. The molecule has 2 aliphatic rings. The molecule has 1 saturated heterocycles. The number of carbonyl (C=O) groups excluding carboxylic acids is 1. The molecule has 30 heavy (non-hydrogen) atoms. The Morgan fingerprint density at radius 3 is 2.23 bits per heavy atom. The molecule has 3 aromatic rings. The van der Waals surface area contributed by atoms with Gasteiger partial charge in [0.2, 0.25) is 5.91 Å². The number of aryl methyl sites for hydroxylation is 1. The average molecular weight is 418 g/mol. The van der Waals surface area contributed by atoms with E-state index in [1.807, 2.05) is 11.0 Å². The van der Waals surface area contributed by atoms with Crippen LogP contribution in [0.4, 0.5) is 5.69 Å². The summed E-state index contributed by atoms with van der Waals surface area (Å²) >= 11 is 0. The van der Waals surface area contributed by atoms with Gasteiger partial charge in [0.15, 0.2) is 0 Å². The van der Waals surface area contributed by atoms with E-state index >= 15 is 0 Å². The number of fused-ring (bicyclic) bond motifs is 1. The summed E-state index contributed by atoms with van der Waals surface area (Å²) in [5, 5.41) is 0. The fraction of sp³-hybridized carbons (Fsp3) is 0.296. The molecule has 0 atom stereocenters. The van der Waals surface area contributed by atoms with Crippen molar-refractivity contribution in [1.29, 1.82) is 0 Å². The van der Waals surface area contributed by atoms with Gasteiger partial charge in [0.25, 0.3) is 0 Å². The molecule has 0 saturated carbocycles. The SMILES string of the molecule is Cl.O=C1CCCN1c1cccc(-c2ccc(CCC3Cc4ccccc4C3)cc2)c1. The van der Waals surface area contributed by atoms with Crippen molar-refractivity contribution in [3.8, 4) is 11.1 Å². The zero-order chi connectivity index (χ0) is 19.6. The first-order valence-electron chi connectivity index (χ1n) is 10.8. The van der Waals surface area contributed by atoms with Crippen molar-refractivity contribution in [3.63, 3.8) is 0 Å². The highest BCUT2D eigenvalue weighted by Gasteiger charge is 2.22. The van der Waals surface area contributed by atoms with E-state index in [1.165, 1.54) is 36.0 Å². The number of hydrogen-bond acceptors (Lipinski definition) is 1. The molecule has 0 radical (unpaired) electrons. The lowest BCUT2D eigenvalue weighted by atomic mass is 9.95. The molecule has 2 nitrogen and oxygen atoms in total. The highest BCUT2D eigenvalue weighted by Crippen LogP contribution is 2.31. The minimum absolute atomic E-state index is 0. The van der Waals surface area contributed by atoms with Gasteiger partial charge >= 0.3 is 0 Å². The Morgan fingerprint density at radius 1 is 0.833 bits per heavy atom. The molecule has 154 valence electrons. The largest absolute Gasteiger partial charge is 0.312 e. The van der Waals surface area contributed by atoms with Crippen molar-refractivity contribution >= 4 is 24.0 Å². The predicted molar refractivity (Wildman–Crippen MR) is 126 cm³/mol. The van der Waals surface area contributed by atoms with Gasteiger partial charge < -0.3 is 4.90 Å². The maximum absolute atomic E-state index is 12.0. The average Bonchev–Trinajstić information content (AvgIpc) is 3.38. The summed E-state index contributed by atoms with van der Waals surface area (Å²) in [6.45, 7) is 0.840. The van der Waals surface area contributed by atoms with E-state index < -0.39 is 0 Å². The zero-order valence-corrected chi connectivity index (χ0v) is 18.0. The van der Waals surface area contributed by atoms with Gasteiger partial charge in [-0.15, -0.1) is 12.4 Å². The molecule has 0 N–H and O–H groups in total. The van der Waals surface area contributed by atoms with Gasteiger partial charge in [-0.05, 0) is 78.0 Å². The van der Waals surface area contributed by atoms with Crippen LogP contribution in [-0.2, 0) is 24.1 Å². The van der Waals surface area contributed by atoms with Crippen LogP contribution in [0.25, 0.3) is 11.1 Å². The van der Waals surface area contributed by atoms with E-state index in [2.05, 4.69) is 66.7 Å². The number of amides is 1. The second kappa shape index (κ2) is 9.06. The summed E-state index contributed by atoms with van der Waals surface area (Å²) in [6.07, 6.45) is 6.49. The summed E-state index contributed by atoms with van der Waals surface area (Å²) in [4.78, 5) is 14.0. The Labute approximate surface area is 185 Å². The van der Waals surface area contributed by atoms with E-state index in [0.717, 1.165) is 31.0 Å². The third-order valence-corrected chi connectivity index (χ3v) is 6.50. The Bertz CT molecular complexity index is 1000. The molecule has 3 heteroatoms. The summed E-state index contributed by atoms with van der Waals surface area (Å²) in [6, 6.07) is 26.3. The number of anilines is 1. The maximum atomic E-state index is 12.0. The van der Waals surface area contributed by atoms with Crippen molar-refractivity contribution in [1.82, 2.24) is 0 Å². The molecule has 1 aliphatic heterocycles. The Morgan fingerprint density at radius 2 is 1.57 bits per heavy atom. The Kier molecular flexibility index (Phi) is 6.24. The van der Waals surface area contributed by atoms with E-state index in [9.17, 15) is 4.79 Å². The molecule has 1 aliphatic carbocycles. The fourth-order valence-corrected chi connectivity index (χ4v) is 4.86. The quantitative estimate of drug-likeness (QED) is 0.480. The highest BCUT2D eigenvalue weighted by atomic mass is 35.5. The first-order chi connectivity index (χ1) is 14.3. The first-order valence-corrected chi connectivity index (χ1v) is 10.8. The van der Waals surface area contributed by atoms with Crippen molar-refractivity contribution in [3.05, 3.63) is 89.5 Å². The Hall–Kier alpha value is -2.58. The van der Waals surface area contributed by atoms with E-state index in [-0.39, 0.29) is 18.3 Å². The van der Waals surface area contributed by atoms with Crippen LogP contribution in [-0.4, -0.2) is 12.5 Å². The van der Waals surface area contributed by atoms with Crippen LogP contribution in [0.2, 0.25) is 0 Å². The van der Waals surface area contributed by atoms with Crippen molar-refractivity contribution in [2.24, 2.45) is 5.92 Å². The van der Waals surface area contributed by atoms with E-state index in [4.69, 9.17) is 0 Å². The van der Waals surface area contributed by atoms with Crippen LogP contribution in [0, 0.1) is 5.92 Å². The number of benzene rings is 3. The summed E-state index contributed by atoms with van der Waals surface area (Å²) in [5.74, 6) is 1.02. The number of rotatable bonds is 5. The molecule has 5 rings (SSSR count). The molecule has 1 amide bonds. The third-order valence-electron chi connectivity index (χ3n) is 6.50. The minimum Gasteiger partial charge on any atom is -0.312 e. The van der Waals surface area contributed by atoms with Gasteiger partial charge in [0.1, 0.15) is 0 Å². The lowest BCUT2D eigenvalue weighted by Gasteiger charge is -2.16. The summed E-state index contributed by atoms with van der Waals surface area (Å²) in [7, 11) is 0. The maximum Gasteiger partial charge on any atom is 0.227 e. The van der Waals surface area contributed by atoms with Gasteiger partial charge in [-0.1, -0.05) is 60.7 Å². The van der Waals surface area contributed by atoms with Gasteiger partial charge in [0, 0.05) is 18.7 Å². The topological polar surface area (TPSA) is 20.3 Å². The predicted octanol–water partition coefficient (Wildman–Crippen LogP) is 6.25. The second-order valence-corrected chi connectivity index (χ2v) is 8.48. The fourth-order valence-electron chi connectivity index (χ4n) is 4.86. The molecular weight excluding hydrogens is 390 g/mol. The summed E-state index contributed by atoms with van der Waals surface area (Å²) < 4.78 is 0. The molecule has 0 unspecified atom stereocenters. The smallest absolute Gasteiger partial charge is 0.227 e. The second-order valence-electron chi connectivity index (χ2n) is 8.48. The number of hydrogen-bond donors (Lipinski definition) is 0. The molecule has 3 aromatic carbocycles. The lowest BCUT2D eigenvalue weighted by molar-refractivity contribution is -0.117. The van der Waals surface area contributed by atoms with Crippen molar-refractivity contribution < 1.29 is 4.79 Å². The highest BCUT2D eigenvalue weighted by molar-refractivity contribution is 5.95. The van der Waals surface area contributed by atoms with E-state index in [0.29, 0.717) is 6.42 Å². The standard InChI is InChI=1S/C27H27NO.ClH/c29-27-9-4-16-28(27)26-8-3-7-25(19-26)22-14-12-20(13-15-22)10-11-21-17-23-5-1-2-6-24(23)18-21;/h1-3,5-8,12-15,19,21H,4,9-11,16-18H2;1H. The minimum atomic E-state index is 0. The van der Waals surface area contributed by atoms with Crippen molar-refractivity contribution in [2.45, 2.75) is 38.5 Å². The van der Waals surface area contributed by atoms with Crippen LogP contribution in [0.1, 0.15) is 36.0 Å². The van der Waals surface area contributed by atoms with Crippen LogP contribution in [0.15, 0.2) is 72.8 Å². The lowest BCUT2D eigenvalue weighted by Crippen LogP contribution is -2.23. The number of nitrogens with zero attached hydrogens (tertiary/aromatic N) is 1. The van der Waals surface area contributed by atoms with Crippen LogP contribution in [0.5, 0.6) is 0 Å². The molecule has 0 aromatic heterocycles. The van der Waals surface area contributed by atoms with Gasteiger partial charge in [0.05, 0.1) is 0 Å². The van der Waals surface area contributed by atoms with Gasteiger partial charge in [-0.2, -0.15) is 0 Å². The van der Waals surface area contributed by atoms with Crippen LogP contribution < -0.4 is 4.90 Å². The summed E-state index contributed by atoms with van der Waals surface area (Å²) in [5.41, 5.74) is 7.93. The number of halogens is 1. The zero-order valence-electron chi connectivity index (χ0n) is 17.2. The Balaban J connectivity index is 0.00000218. The molecule has 0 spiro atoms. The van der Waals surface area contributed by atoms with Crippen LogP contribution in [0.3, 0.4) is 0 Å². The first kappa shape index (κ1) is 20.7. The van der Waals surface area contributed by atoms with Gasteiger partial charge in [-0.3, -0.25) is 4.79 Å². The van der Waals surface area contributed by atoms with Crippen molar-refractivity contribution in [2.75, 3.05) is 11.4 Å². The third kappa shape index (κ3) is 4.29. The van der Waals surface area contributed by atoms with E-state index in [1.54, 1.807) is 11.1 Å². The van der Waals surface area contributed by atoms with Gasteiger partial charge in [-0.25, -0.2) is 0 Å².